The van der Waals surface area contributed by atoms with E-state index in [0.29, 0.717) is 0 Å². The molecule has 72 valence electrons. The number of benzene rings is 1. The first kappa shape index (κ1) is 9.30. The summed E-state index contributed by atoms with van der Waals surface area (Å²) in [6.45, 7) is 0. The van der Waals surface area contributed by atoms with E-state index >= 15 is 0 Å². The number of aromatic nitrogens is 1. The molecule has 0 aliphatic heterocycles. The minimum absolute atomic E-state index is 0.0222. The summed E-state index contributed by atoms with van der Waals surface area (Å²) in [5, 5.41) is 0.968. The SMILES string of the molecule is O=S([O-])Cc1cccc2cccnc12. The monoisotopic (exact) mass is 206 g/mol. The van der Waals surface area contributed by atoms with Crippen molar-refractivity contribution in [3.05, 3.63) is 42.1 Å². The molecule has 0 amide bonds. The number of hydrogen-bond acceptors (Lipinski definition) is 3. The topological polar surface area (TPSA) is 53.0 Å². The van der Waals surface area contributed by atoms with Crippen LogP contribution in [0.25, 0.3) is 10.9 Å². The number of hydrogen-bond donors (Lipinski definition) is 0. The average molecular weight is 206 g/mol. The van der Waals surface area contributed by atoms with Gasteiger partial charge in [0.05, 0.1) is 5.52 Å². The molecule has 0 N–H and O–H groups in total. The van der Waals surface area contributed by atoms with Gasteiger partial charge in [-0.1, -0.05) is 35.3 Å². The fourth-order valence-corrected chi connectivity index (χ4v) is 1.90. The normalized spacial score (nSPS) is 12.9. The lowest BCUT2D eigenvalue weighted by molar-refractivity contribution is 0.536. The second-order valence-electron chi connectivity index (χ2n) is 2.94. The van der Waals surface area contributed by atoms with E-state index in [1.165, 1.54) is 0 Å². The molecule has 1 atom stereocenters. The predicted molar refractivity (Wildman–Crippen MR) is 54.4 cm³/mol. The summed E-state index contributed by atoms with van der Waals surface area (Å²) in [6, 6.07) is 9.29. The molecule has 1 unspecified atom stereocenters. The van der Waals surface area contributed by atoms with Crippen LogP contribution < -0.4 is 0 Å². The van der Waals surface area contributed by atoms with Gasteiger partial charge in [-0.3, -0.25) is 9.19 Å². The molecule has 1 aromatic carbocycles. The first-order valence-electron chi connectivity index (χ1n) is 4.16. The second kappa shape index (κ2) is 3.86. The molecule has 1 aromatic heterocycles. The molecule has 0 fully saturated rings. The Bertz CT molecular complexity index is 479. The van der Waals surface area contributed by atoms with Gasteiger partial charge in [0.15, 0.2) is 0 Å². The lowest BCUT2D eigenvalue weighted by Crippen LogP contribution is -1.95. The van der Waals surface area contributed by atoms with Crippen LogP contribution in [0.15, 0.2) is 36.5 Å². The summed E-state index contributed by atoms with van der Waals surface area (Å²) in [4.78, 5) is 4.16. The number of rotatable bonds is 2. The Balaban J connectivity index is 2.59. The van der Waals surface area contributed by atoms with Gasteiger partial charge >= 0.3 is 0 Å². The number of para-hydroxylation sites is 1. The first-order valence-corrected chi connectivity index (χ1v) is 5.40. The van der Waals surface area contributed by atoms with Crippen LogP contribution in [-0.4, -0.2) is 13.7 Å². The van der Waals surface area contributed by atoms with E-state index < -0.39 is 11.1 Å². The van der Waals surface area contributed by atoms with E-state index in [1.54, 1.807) is 12.3 Å². The van der Waals surface area contributed by atoms with E-state index in [2.05, 4.69) is 4.98 Å². The molecule has 0 radical (unpaired) electrons. The fourth-order valence-electron chi connectivity index (χ4n) is 1.41. The fraction of sp³-hybridized carbons (Fsp3) is 0.100. The van der Waals surface area contributed by atoms with E-state index in [9.17, 15) is 8.76 Å². The van der Waals surface area contributed by atoms with Crippen molar-refractivity contribution in [2.45, 2.75) is 5.75 Å². The van der Waals surface area contributed by atoms with Gasteiger partial charge in [-0.15, -0.1) is 0 Å². The largest absolute Gasteiger partial charge is 0.772 e. The summed E-state index contributed by atoms with van der Waals surface area (Å²) in [6.07, 6.45) is 1.67. The smallest absolute Gasteiger partial charge is 0.0742 e. The molecule has 0 bridgehead atoms. The molecule has 2 aromatic rings. The quantitative estimate of drug-likeness (QED) is 0.701. The maximum atomic E-state index is 10.6. The first-order chi connectivity index (χ1) is 6.77. The van der Waals surface area contributed by atoms with Crippen molar-refractivity contribution >= 4 is 22.0 Å². The minimum Gasteiger partial charge on any atom is -0.772 e. The van der Waals surface area contributed by atoms with Crippen molar-refractivity contribution in [1.29, 1.82) is 0 Å². The van der Waals surface area contributed by atoms with Crippen molar-refractivity contribution in [1.82, 2.24) is 4.98 Å². The number of pyridine rings is 1. The average Bonchev–Trinajstić information content (AvgIpc) is 2.18. The van der Waals surface area contributed by atoms with Gasteiger partial charge in [-0.05, 0) is 11.6 Å². The maximum absolute atomic E-state index is 10.6. The van der Waals surface area contributed by atoms with Crippen LogP contribution in [-0.2, 0) is 16.8 Å². The van der Waals surface area contributed by atoms with Crippen LogP contribution in [0.4, 0.5) is 0 Å². The van der Waals surface area contributed by atoms with Crippen LogP contribution in [0.1, 0.15) is 5.56 Å². The summed E-state index contributed by atoms with van der Waals surface area (Å²) in [5.41, 5.74) is 1.51. The van der Waals surface area contributed by atoms with Gasteiger partial charge in [0.1, 0.15) is 0 Å². The number of nitrogens with zero attached hydrogens (tertiary/aromatic N) is 1. The van der Waals surface area contributed by atoms with Gasteiger partial charge < -0.3 is 4.55 Å². The zero-order valence-corrected chi connectivity index (χ0v) is 8.16. The molecule has 14 heavy (non-hydrogen) atoms. The van der Waals surface area contributed by atoms with E-state index in [4.69, 9.17) is 0 Å². The molecule has 0 spiro atoms. The zero-order chi connectivity index (χ0) is 9.97. The third-order valence-electron chi connectivity index (χ3n) is 1.99. The highest BCUT2D eigenvalue weighted by atomic mass is 32.2. The Morgan fingerprint density at radius 2 is 2.07 bits per heavy atom. The van der Waals surface area contributed by atoms with Crippen molar-refractivity contribution in [2.75, 3.05) is 0 Å². The van der Waals surface area contributed by atoms with Crippen LogP contribution in [0.3, 0.4) is 0 Å². The maximum Gasteiger partial charge on any atom is 0.0742 e. The van der Waals surface area contributed by atoms with E-state index in [-0.39, 0.29) is 5.75 Å². The summed E-state index contributed by atoms with van der Waals surface area (Å²) >= 11 is -2.06. The van der Waals surface area contributed by atoms with Gasteiger partial charge in [-0.2, -0.15) is 0 Å². The van der Waals surface area contributed by atoms with Gasteiger partial charge in [0.25, 0.3) is 0 Å². The summed E-state index contributed by atoms with van der Waals surface area (Å²) < 4.78 is 21.2. The van der Waals surface area contributed by atoms with E-state index in [1.807, 2.05) is 24.3 Å². The van der Waals surface area contributed by atoms with Crippen LogP contribution >= 0.6 is 0 Å². The van der Waals surface area contributed by atoms with Gasteiger partial charge in [0.2, 0.25) is 0 Å². The minimum atomic E-state index is -2.06. The highest BCUT2D eigenvalue weighted by Gasteiger charge is 2.00. The lowest BCUT2D eigenvalue weighted by atomic mass is 10.1. The standard InChI is InChI=1S/C10H9NO2S/c12-14(13)7-9-4-1-3-8-5-2-6-11-10(8)9/h1-6H,7H2,(H,12,13)/p-1. The Morgan fingerprint density at radius 1 is 1.29 bits per heavy atom. The highest BCUT2D eigenvalue weighted by Crippen LogP contribution is 2.16. The number of fused-ring (bicyclic) bond motifs is 1. The Hall–Kier alpha value is -1.26. The molecule has 2 rings (SSSR count). The molecule has 4 heteroatoms. The highest BCUT2D eigenvalue weighted by molar-refractivity contribution is 7.78. The molecule has 0 aliphatic rings. The lowest BCUT2D eigenvalue weighted by Gasteiger charge is -2.07. The second-order valence-corrected chi connectivity index (χ2v) is 3.84. The Kier molecular flexibility index (Phi) is 2.56. The van der Waals surface area contributed by atoms with Crippen molar-refractivity contribution in [2.24, 2.45) is 0 Å². The Labute approximate surface area is 84.1 Å². The molecular weight excluding hydrogens is 198 g/mol. The van der Waals surface area contributed by atoms with Crippen molar-refractivity contribution < 1.29 is 8.76 Å². The summed E-state index contributed by atoms with van der Waals surface area (Å²) in [5.74, 6) is 0.0222. The van der Waals surface area contributed by atoms with Gasteiger partial charge in [0, 0.05) is 17.3 Å². The summed E-state index contributed by atoms with van der Waals surface area (Å²) in [7, 11) is 0. The molecular formula is C10H8NO2S-. The van der Waals surface area contributed by atoms with E-state index in [0.717, 1.165) is 16.5 Å². The molecule has 0 aliphatic carbocycles. The van der Waals surface area contributed by atoms with Crippen LogP contribution in [0, 0.1) is 0 Å². The van der Waals surface area contributed by atoms with Crippen molar-refractivity contribution in [3.8, 4) is 0 Å². The Morgan fingerprint density at radius 3 is 2.86 bits per heavy atom. The molecule has 0 saturated carbocycles. The molecule has 1 heterocycles. The third kappa shape index (κ3) is 1.81. The molecule has 0 saturated heterocycles. The van der Waals surface area contributed by atoms with Gasteiger partial charge in [-0.25, -0.2) is 0 Å². The van der Waals surface area contributed by atoms with Crippen LogP contribution in [0.2, 0.25) is 0 Å². The predicted octanol–water partition coefficient (Wildman–Crippen LogP) is 1.61. The van der Waals surface area contributed by atoms with Crippen LogP contribution in [0.5, 0.6) is 0 Å². The third-order valence-corrected chi connectivity index (χ3v) is 2.54. The molecule has 3 nitrogen and oxygen atoms in total. The zero-order valence-electron chi connectivity index (χ0n) is 7.34. The van der Waals surface area contributed by atoms with Crippen molar-refractivity contribution in [3.63, 3.8) is 0 Å².